The van der Waals surface area contributed by atoms with Crippen LogP contribution < -0.4 is 5.56 Å². The van der Waals surface area contributed by atoms with E-state index in [9.17, 15) is 9.59 Å². The molecule has 2 aromatic rings. The smallest absolute Gasteiger partial charge is 0.269 e. The van der Waals surface area contributed by atoms with Crippen molar-refractivity contribution < 1.29 is 14.3 Å². The van der Waals surface area contributed by atoms with Crippen molar-refractivity contribution in [3.8, 4) is 0 Å². The number of carbonyl (C=O) groups is 1. The molecule has 0 bridgehead atoms. The van der Waals surface area contributed by atoms with Crippen molar-refractivity contribution in [3.63, 3.8) is 0 Å². The van der Waals surface area contributed by atoms with Crippen molar-refractivity contribution in [1.82, 2.24) is 14.5 Å². The van der Waals surface area contributed by atoms with Gasteiger partial charge in [0.05, 0.1) is 30.4 Å². The van der Waals surface area contributed by atoms with Crippen LogP contribution in [0, 0.1) is 0 Å². The Morgan fingerprint density at radius 2 is 1.83 bits per heavy atom. The number of carbonyl (C=O) groups excluding carboxylic acids is 1. The van der Waals surface area contributed by atoms with Gasteiger partial charge in [0, 0.05) is 27.3 Å². The van der Waals surface area contributed by atoms with Crippen molar-refractivity contribution in [3.05, 3.63) is 40.8 Å². The Labute approximate surface area is 134 Å². The molecule has 23 heavy (non-hydrogen) atoms. The molecule has 1 aromatic heterocycles. The number of rotatable bonds is 8. The van der Waals surface area contributed by atoms with Gasteiger partial charge in [0.1, 0.15) is 6.54 Å². The molecule has 0 aliphatic heterocycles. The molecule has 0 radical (unpaired) electrons. The summed E-state index contributed by atoms with van der Waals surface area (Å²) >= 11 is 0. The lowest BCUT2D eigenvalue weighted by Gasteiger charge is -2.22. The molecule has 124 valence electrons. The van der Waals surface area contributed by atoms with Crippen LogP contribution in [-0.2, 0) is 20.8 Å². The van der Waals surface area contributed by atoms with Gasteiger partial charge in [0.25, 0.3) is 5.56 Å². The highest BCUT2D eigenvalue weighted by Crippen LogP contribution is 2.08. The van der Waals surface area contributed by atoms with E-state index in [0.717, 1.165) is 0 Å². The van der Waals surface area contributed by atoms with Crippen LogP contribution in [0.2, 0.25) is 0 Å². The first kappa shape index (κ1) is 17.1. The van der Waals surface area contributed by atoms with Gasteiger partial charge in [-0.3, -0.25) is 14.2 Å². The lowest BCUT2D eigenvalue weighted by Crippen LogP contribution is -2.40. The molecular formula is C16H21N3O4. The van der Waals surface area contributed by atoms with Gasteiger partial charge in [0.2, 0.25) is 5.91 Å². The Kier molecular flexibility index (Phi) is 6.25. The number of para-hydroxylation sites is 2. The first-order valence-corrected chi connectivity index (χ1v) is 7.37. The van der Waals surface area contributed by atoms with Gasteiger partial charge in [-0.15, -0.1) is 0 Å². The Bertz CT molecular complexity index is 706. The highest BCUT2D eigenvalue weighted by Gasteiger charge is 2.15. The largest absolute Gasteiger partial charge is 0.383 e. The Balaban J connectivity index is 2.23. The van der Waals surface area contributed by atoms with Gasteiger partial charge in [-0.2, -0.15) is 0 Å². The van der Waals surface area contributed by atoms with Crippen LogP contribution >= 0.6 is 0 Å². The molecule has 0 atom stereocenters. The van der Waals surface area contributed by atoms with E-state index in [1.165, 1.54) is 10.8 Å². The number of aromatic nitrogens is 2. The molecule has 2 rings (SSSR count). The molecule has 1 aromatic carbocycles. The SMILES string of the molecule is COCCN(CCOC)C(=O)Cn1c(=O)cnc2ccccc21. The van der Waals surface area contributed by atoms with Crippen molar-refractivity contribution in [2.45, 2.75) is 6.54 Å². The van der Waals surface area contributed by atoms with Gasteiger partial charge in [0.15, 0.2) is 0 Å². The Morgan fingerprint density at radius 3 is 2.48 bits per heavy atom. The van der Waals surface area contributed by atoms with Crippen LogP contribution in [0.5, 0.6) is 0 Å². The minimum Gasteiger partial charge on any atom is -0.383 e. The Morgan fingerprint density at radius 1 is 1.17 bits per heavy atom. The second-order valence-electron chi connectivity index (χ2n) is 5.04. The van der Waals surface area contributed by atoms with E-state index in [0.29, 0.717) is 37.3 Å². The second kappa shape index (κ2) is 8.40. The fraction of sp³-hybridized carbons (Fsp3) is 0.438. The maximum Gasteiger partial charge on any atom is 0.269 e. The van der Waals surface area contributed by atoms with Crippen LogP contribution in [0.4, 0.5) is 0 Å². The quantitative estimate of drug-likeness (QED) is 0.709. The van der Waals surface area contributed by atoms with Crippen molar-refractivity contribution >= 4 is 16.9 Å². The molecule has 0 aliphatic carbocycles. The van der Waals surface area contributed by atoms with E-state index in [2.05, 4.69) is 4.98 Å². The third kappa shape index (κ3) is 4.37. The summed E-state index contributed by atoms with van der Waals surface area (Å²) in [4.78, 5) is 30.4. The average Bonchev–Trinajstić information content (AvgIpc) is 2.57. The molecule has 0 spiro atoms. The molecule has 7 heteroatoms. The van der Waals surface area contributed by atoms with Crippen LogP contribution in [-0.4, -0.2) is 60.9 Å². The second-order valence-corrected chi connectivity index (χ2v) is 5.04. The predicted molar refractivity (Wildman–Crippen MR) is 86.3 cm³/mol. The average molecular weight is 319 g/mol. The number of methoxy groups -OCH3 is 2. The molecule has 0 saturated heterocycles. The van der Waals surface area contributed by atoms with Gasteiger partial charge in [-0.25, -0.2) is 4.98 Å². The normalized spacial score (nSPS) is 10.9. The molecule has 0 fully saturated rings. The van der Waals surface area contributed by atoms with E-state index >= 15 is 0 Å². The summed E-state index contributed by atoms with van der Waals surface area (Å²) in [5.74, 6) is -0.155. The van der Waals surface area contributed by atoms with Gasteiger partial charge < -0.3 is 14.4 Å². The lowest BCUT2D eigenvalue weighted by atomic mass is 10.3. The highest BCUT2D eigenvalue weighted by molar-refractivity contribution is 5.80. The van der Waals surface area contributed by atoms with Gasteiger partial charge >= 0.3 is 0 Å². The fourth-order valence-corrected chi connectivity index (χ4v) is 2.28. The molecule has 0 unspecified atom stereocenters. The fourth-order valence-electron chi connectivity index (χ4n) is 2.28. The van der Waals surface area contributed by atoms with Crippen LogP contribution in [0.25, 0.3) is 11.0 Å². The molecular weight excluding hydrogens is 298 g/mol. The van der Waals surface area contributed by atoms with Gasteiger partial charge in [-0.1, -0.05) is 12.1 Å². The molecule has 0 saturated carbocycles. The summed E-state index contributed by atoms with van der Waals surface area (Å²) in [5.41, 5.74) is 1.03. The first-order chi connectivity index (χ1) is 11.2. The minimum absolute atomic E-state index is 0.0324. The van der Waals surface area contributed by atoms with Crippen LogP contribution in [0.15, 0.2) is 35.3 Å². The molecule has 1 heterocycles. The molecule has 0 N–H and O–H groups in total. The summed E-state index contributed by atoms with van der Waals surface area (Å²) in [7, 11) is 3.17. The monoisotopic (exact) mass is 319 g/mol. The third-order valence-electron chi connectivity index (χ3n) is 3.53. The summed E-state index contributed by atoms with van der Waals surface area (Å²) in [6.07, 6.45) is 1.24. The number of hydrogen-bond donors (Lipinski definition) is 0. The van der Waals surface area contributed by atoms with E-state index in [-0.39, 0.29) is 18.0 Å². The maximum atomic E-state index is 12.6. The third-order valence-corrected chi connectivity index (χ3v) is 3.53. The predicted octanol–water partition coefficient (Wildman–Crippen LogP) is 0.518. The maximum absolute atomic E-state index is 12.6. The van der Waals surface area contributed by atoms with E-state index in [1.54, 1.807) is 25.2 Å². The summed E-state index contributed by atoms with van der Waals surface area (Å²) < 4.78 is 11.5. The first-order valence-electron chi connectivity index (χ1n) is 7.37. The standard InChI is InChI=1S/C16H21N3O4/c1-22-9-7-18(8-10-23-2)16(21)12-19-14-6-4-3-5-13(14)17-11-15(19)20/h3-6,11H,7-10,12H2,1-2H3. The van der Waals surface area contributed by atoms with Crippen LogP contribution in [0.3, 0.4) is 0 Å². The zero-order valence-corrected chi connectivity index (χ0v) is 13.4. The molecule has 0 aliphatic rings. The zero-order chi connectivity index (χ0) is 16.7. The summed E-state index contributed by atoms with van der Waals surface area (Å²) in [6, 6.07) is 7.25. The van der Waals surface area contributed by atoms with Gasteiger partial charge in [-0.05, 0) is 12.1 Å². The highest BCUT2D eigenvalue weighted by atomic mass is 16.5. The number of hydrogen-bond acceptors (Lipinski definition) is 5. The Hall–Kier alpha value is -2.25. The van der Waals surface area contributed by atoms with Crippen molar-refractivity contribution in [1.29, 1.82) is 0 Å². The summed E-state index contributed by atoms with van der Waals surface area (Å²) in [6.45, 7) is 1.74. The number of amides is 1. The molecule has 7 nitrogen and oxygen atoms in total. The van der Waals surface area contributed by atoms with E-state index in [1.807, 2.05) is 18.2 Å². The molecule has 1 amide bonds. The van der Waals surface area contributed by atoms with Crippen molar-refractivity contribution in [2.24, 2.45) is 0 Å². The van der Waals surface area contributed by atoms with E-state index < -0.39 is 0 Å². The number of nitrogens with zero attached hydrogens (tertiary/aromatic N) is 3. The topological polar surface area (TPSA) is 73.7 Å². The minimum atomic E-state index is -0.296. The number of fused-ring (bicyclic) bond motifs is 1. The number of benzene rings is 1. The summed E-state index contributed by atoms with van der Waals surface area (Å²) in [5, 5.41) is 0. The van der Waals surface area contributed by atoms with Crippen LogP contribution in [0.1, 0.15) is 0 Å². The number of ether oxygens (including phenoxy) is 2. The lowest BCUT2D eigenvalue weighted by molar-refractivity contribution is -0.133. The zero-order valence-electron chi connectivity index (χ0n) is 13.4. The van der Waals surface area contributed by atoms with Crippen molar-refractivity contribution in [2.75, 3.05) is 40.5 Å². The van der Waals surface area contributed by atoms with E-state index in [4.69, 9.17) is 9.47 Å².